The van der Waals surface area contributed by atoms with Gasteiger partial charge in [0, 0.05) is 49.3 Å². The molecular weight excluding hydrogens is 312 g/mol. The van der Waals surface area contributed by atoms with E-state index in [4.69, 9.17) is 0 Å². The summed E-state index contributed by atoms with van der Waals surface area (Å²) >= 11 is 4.01. The van der Waals surface area contributed by atoms with Gasteiger partial charge in [0.2, 0.25) is 0 Å². The van der Waals surface area contributed by atoms with Crippen LogP contribution in [0.4, 0.5) is 0 Å². The summed E-state index contributed by atoms with van der Waals surface area (Å²) in [7, 11) is 0. The van der Waals surface area contributed by atoms with Crippen LogP contribution in [0.2, 0.25) is 0 Å². The third kappa shape index (κ3) is 3.63. The van der Waals surface area contributed by atoms with Gasteiger partial charge >= 0.3 is 0 Å². The lowest BCUT2D eigenvalue weighted by Gasteiger charge is -2.37. The molecule has 0 atom stereocenters. The molecule has 2 heterocycles. The van der Waals surface area contributed by atoms with E-state index in [1.165, 1.54) is 17.1 Å². The van der Waals surface area contributed by atoms with Crippen molar-refractivity contribution in [3.05, 3.63) is 35.4 Å². The molecule has 22 heavy (non-hydrogen) atoms. The van der Waals surface area contributed by atoms with Crippen molar-refractivity contribution < 1.29 is 4.79 Å². The van der Waals surface area contributed by atoms with Crippen LogP contribution in [-0.2, 0) is 0 Å². The number of rotatable bonds is 3. The largest absolute Gasteiger partial charge is 0.336 e. The number of amides is 1. The molecule has 2 saturated heterocycles. The SMILES string of the molecule is CC(C)N1CCN(C(=O)c2ccc(C3SCCS3)cc2)CC1. The summed E-state index contributed by atoms with van der Waals surface area (Å²) in [5, 5.41) is 0. The van der Waals surface area contributed by atoms with Crippen LogP contribution in [0.15, 0.2) is 24.3 Å². The fraction of sp³-hybridized carbons (Fsp3) is 0.588. The Kier molecular flexibility index (Phi) is 5.37. The smallest absolute Gasteiger partial charge is 0.253 e. The van der Waals surface area contributed by atoms with Gasteiger partial charge in [-0.3, -0.25) is 9.69 Å². The van der Waals surface area contributed by atoms with Gasteiger partial charge in [-0.15, -0.1) is 23.5 Å². The van der Waals surface area contributed by atoms with Gasteiger partial charge in [-0.25, -0.2) is 0 Å². The summed E-state index contributed by atoms with van der Waals surface area (Å²) in [4.78, 5) is 17.0. The Morgan fingerprint density at radius 1 is 1.05 bits per heavy atom. The number of benzene rings is 1. The average Bonchev–Trinajstić information content (AvgIpc) is 3.09. The average molecular weight is 337 g/mol. The zero-order chi connectivity index (χ0) is 15.5. The van der Waals surface area contributed by atoms with Gasteiger partial charge in [0.25, 0.3) is 5.91 Å². The quantitative estimate of drug-likeness (QED) is 0.845. The second-order valence-electron chi connectivity index (χ2n) is 6.12. The maximum absolute atomic E-state index is 12.6. The second-order valence-corrected chi connectivity index (χ2v) is 8.84. The maximum Gasteiger partial charge on any atom is 0.253 e. The topological polar surface area (TPSA) is 23.6 Å². The predicted octanol–water partition coefficient (Wildman–Crippen LogP) is 3.33. The molecule has 3 rings (SSSR count). The van der Waals surface area contributed by atoms with Crippen LogP contribution in [0.1, 0.15) is 34.4 Å². The molecule has 0 bridgehead atoms. The number of hydrogen-bond donors (Lipinski definition) is 0. The van der Waals surface area contributed by atoms with Gasteiger partial charge in [-0.05, 0) is 31.5 Å². The normalized spacial score (nSPS) is 20.8. The Morgan fingerprint density at radius 3 is 2.18 bits per heavy atom. The standard InChI is InChI=1S/C17H24N2OS2/c1-13(2)18-7-9-19(10-8-18)16(20)14-3-5-15(6-4-14)17-21-11-12-22-17/h3-6,13,17H,7-12H2,1-2H3. The molecule has 0 aromatic heterocycles. The van der Waals surface area contributed by atoms with Gasteiger partial charge in [-0.2, -0.15) is 0 Å². The molecule has 0 saturated carbocycles. The highest BCUT2D eigenvalue weighted by molar-refractivity contribution is 8.19. The zero-order valence-corrected chi connectivity index (χ0v) is 15.0. The fourth-order valence-electron chi connectivity index (χ4n) is 2.96. The number of carbonyl (C=O) groups is 1. The molecule has 2 aliphatic heterocycles. The van der Waals surface area contributed by atoms with Crippen molar-refractivity contribution in [2.24, 2.45) is 0 Å². The highest BCUT2D eigenvalue weighted by Crippen LogP contribution is 2.45. The Balaban J connectivity index is 1.60. The van der Waals surface area contributed by atoms with E-state index in [1.807, 2.05) is 40.6 Å². The third-order valence-electron chi connectivity index (χ3n) is 4.38. The first-order valence-electron chi connectivity index (χ1n) is 8.01. The Morgan fingerprint density at radius 2 is 1.64 bits per heavy atom. The molecule has 1 aromatic rings. The molecule has 120 valence electrons. The third-order valence-corrected chi connectivity index (χ3v) is 7.49. The number of piperazine rings is 1. The van der Waals surface area contributed by atoms with Gasteiger partial charge in [0.05, 0.1) is 4.58 Å². The first kappa shape index (κ1) is 16.2. The molecular formula is C17H24N2OS2. The molecule has 2 fully saturated rings. The van der Waals surface area contributed by atoms with E-state index in [-0.39, 0.29) is 5.91 Å². The summed E-state index contributed by atoms with van der Waals surface area (Å²) in [6.45, 7) is 8.08. The fourth-order valence-corrected chi connectivity index (χ4v) is 5.82. The van der Waals surface area contributed by atoms with Crippen LogP contribution in [0.5, 0.6) is 0 Å². The number of carbonyl (C=O) groups excluding carboxylic acids is 1. The van der Waals surface area contributed by atoms with Crippen LogP contribution >= 0.6 is 23.5 Å². The number of nitrogens with zero attached hydrogens (tertiary/aromatic N) is 2. The second kappa shape index (κ2) is 7.28. The van der Waals surface area contributed by atoms with Gasteiger partial charge in [0.15, 0.2) is 0 Å². The van der Waals surface area contributed by atoms with Crippen molar-refractivity contribution in [3.8, 4) is 0 Å². The van der Waals surface area contributed by atoms with Crippen LogP contribution in [0.3, 0.4) is 0 Å². The molecule has 0 spiro atoms. The van der Waals surface area contributed by atoms with Crippen LogP contribution in [0, 0.1) is 0 Å². The van der Waals surface area contributed by atoms with Crippen LogP contribution < -0.4 is 0 Å². The molecule has 3 nitrogen and oxygen atoms in total. The van der Waals surface area contributed by atoms with E-state index in [0.29, 0.717) is 10.6 Å². The molecule has 0 unspecified atom stereocenters. The van der Waals surface area contributed by atoms with Crippen molar-refractivity contribution in [2.45, 2.75) is 24.5 Å². The molecule has 1 amide bonds. The van der Waals surface area contributed by atoms with E-state index in [1.54, 1.807) is 0 Å². The first-order chi connectivity index (χ1) is 10.6. The highest BCUT2D eigenvalue weighted by Gasteiger charge is 2.24. The van der Waals surface area contributed by atoms with Crippen molar-refractivity contribution in [3.63, 3.8) is 0 Å². The number of thioether (sulfide) groups is 2. The molecule has 0 N–H and O–H groups in total. The summed E-state index contributed by atoms with van der Waals surface area (Å²) in [6.07, 6.45) is 0. The minimum absolute atomic E-state index is 0.182. The monoisotopic (exact) mass is 336 g/mol. The van der Waals surface area contributed by atoms with Crippen molar-refractivity contribution in [1.29, 1.82) is 0 Å². The summed E-state index contributed by atoms with van der Waals surface area (Å²) in [6, 6.07) is 8.84. The Labute approximate surface area is 141 Å². The number of hydrogen-bond acceptors (Lipinski definition) is 4. The van der Waals surface area contributed by atoms with Gasteiger partial charge < -0.3 is 4.90 Å². The Bertz CT molecular complexity index is 504. The molecule has 2 aliphatic rings. The van der Waals surface area contributed by atoms with Gasteiger partial charge in [-0.1, -0.05) is 12.1 Å². The molecule has 5 heteroatoms. The zero-order valence-electron chi connectivity index (χ0n) is 13.3. The van der Waals surface area contributed by atoms with E-state index in [0.717, 1.165) is 31.7 Å². The highest BCUT2D eigenvalue weighted by atomic mass is 32.2. The molecule has 1 aromatic carbocycles. The van der Waals surface area contributed by atoms with E-state index < -0.39 is 0 Å². The lowest BCUT2D eigenvalue weighted by Crippen LogP contribution is -2.50. The van der Waals surface area contributed by atoms with E-state index in [2.05, 4.69) is 30.9 Å². The molecule has 0 aliphatic carbocycles. The van der Waals surface area contributed by atoms with Crippen molar-refractivity contribution in [1.82, 2.24) is 9.80 Å². The minimum atomic E-state index is 0.182. The summed E-state index contributed by atoms with van der Waals surface area (Å²) in [5.74, 6) is 2.65. The lowest BCUT2D eigenvalue weighted by molar-refractivity contribution is 0.0595. The van der Waals surface area contributed by atoms with Crippen LogP contribution in [0.25, 0.3) is 0 Å². The van der Waals surface area contributed by atoms with Gasteiger partial charge in [0.1, 0.15) is 0 Å². The summed E-state index contributed by atoms with van der Waals surface area (Å²) < 4.78 is 0.554. The predicted molar refractivity (Wildman–Crippen MR) is 96.7 cm³/mol. The van der Waals surface area contributed by atoms with Crippen molar-refractivity contribution in [2.75, 3.05) is 37.7 Å². The maximum atomic E-state index is 12.6. The van der Waals surface area contributed by atoms with Crippen LogP contribution in [-0.4, -0.2) is 59.4 Å². The van der Waals surface area contributed by atoms with Crippen molar-refractivity contribution >= 4 is 29.4 Å². The summed E-state index contributed by atoms with van der Waals surface area (Å²) in [5.41, 5.74) is 2.17. The van der Waals surface area contributed by atoms with E-state index in [9.17, 15) is 4.79 Å². The first-order valence-corrected chi connectivity index (χ1v) is 10.1. The minimum Gasteiger partial charge on any atom is -0.336 e. The van der Waals surface area contributed by atoms with E-state index >= 15 is 0 Å². The molecule has 0 radical (unpaired) electrons. The Hall–Kier alpha value is -0.650. The lowest BCUT2D eigenvalue weighted by atomic mass is 10.1.